The van der Waals surface area contributed by atoms with Gasteiger partial charge in [-0.15, -0.1) is 11.3 Å². The average Bonchev–Trinajstić information content (AvgIpc) is 3.15. The molecular weight excluding hydrogens is 396 g/mol. The lowest BCUT2D eigenvalue weighted by Crippen LogP contribution is -1.96. The topological polar surface area (TPSA) is 48.8 Å². The first-order chi connectivity index (χ1) is 13.1. The lowest BCUT2D eigenvalue weighted by atomic mass is 10.1. The zero-order valence-corrected chi connectivity index (χ0v) is 16.8. The van der Waals surface area contributed by atoms with Crippen molar-refractivity contribution in [1.29, 1.82) is 0 Å². The molecule has 4 rings (SSSR count). The summed E-state index contributed by atoms with van der Waals surface area (Å²) in [4.78, 5) is 10.9. The smallest absolute Gasteiger partial charge is 0.152 e. The van der Waals surface area contributed by atoms with Crippen LogP contribution in [0.3, 0.4) is 0 Å². The van der Waals surface area contributed by atoms with E-state index in [0.717, 1.165) is 37.2 Å². The van der Waals surface area contributed by atoms with E-state index in [4.69, 9.17) is 16.6 Å². The van der Waals surface area contributed by atoms with Crippen molar-refractivity contribution in [3.8, 4) is 32.3 Å². The van der Waals surface area contributed by atoms with Crippen molar-refractivity contribution < 1.29 is 4.55 Å². The molecule has 6 heteroatoms. The summed E-state index contributed by atoms with van der Waals surface area (Å²) in [6.07, 6.45) is 5.25. The van der Waals surface area contributed by atoms with E-state index in [-0.39, 0.29) is 0 Å². The summed E-state index contributed by atoms with van der Waals surface area (Å²) in [5, 5.41) is 1.61. The number of halogens is 1. The molecule has 0 spiro atoms. The largest absolute Gasteiger partial charge is 0.612 e. The van der Waals surface area contributed by atoms with Gasteiger partial charge < -0.3 is 4.55 Å². The van der Waals surface area contributed by atoms with Crippen LogP contribution in [0.1, 0.15) is 0 Å². The maximum Gasteiger partial charge on any atom is 0.152 e. The first-order valence-electron chi connectivity index (χ1n) is 8.23. The third-order valence-electron chi connectivity index (χ3n) is 4.12. The second kappa shape index (κ2) is 7.82. The molecule has 0 fully saturated rings. The van der Waals surface area contributed by atoms with Crippen LogP contribution in [0.4, 0.5) is 0 Å². The second-order valence-electron chi connectivity index (χ2n) is 5.92. The molecule has 1 atom stereocenters. The highest BCUT2D eigenvalue weighted by atomic mass is 35.5. The molecule has 4 aromatic rings. The predicted molar refractivity (Wildman–Crippen MR) is 114 cm³/mol. The Morgan fingerprint density at radius 1 is 0.852 bits per heavy atom. The lowest BCUT2D eigenvalue weighted by Gasteiger charge is -2.04. The van der Waals surface area contributed by atoms with Crippen molar-refractivity contribution >= 4 is 34.1 Å². The molecule has 2 aromatic heterocycles. The summed E-state index contributed by atoms with van der Waals surface area (Å²) in [5.74, 6) is 0. The molecule has 2 aromatic carbocycles. The molecule has 27 heavy (non-hydrogen) atoms. The summed E-state index contributed by atoms with van der Waals surface area (Å²) in [6.45, 7) is 0. The fraction of sp³-hybridized carbons (Fsp3) is 0.0476. The minimum absolute atomic E-state index is 0.697. The van der Waals surface area contributed by atoms with Crippen LogP contribution in [0, 0.1) is 0 Å². The van der Waals surface area contributed by atoms with Crippen molar-refractivity contribution in [2.24, 2.45) is 0 Å². The van der Waals surface area contributed by atoms with Gasteiger partial charge in [0, 0.05) is 28.5 Å². The van der Waals surface area contributed by atoms with Gasteiger partial charge in [-0.25, -0.2) is 4.98 Å². The zero-order valence-electron chi connectivity index (χ0n) is 14.4. The van der Waals surface area contributed by atoms with Crippen molar-refractivity contribution in [2.75, 3.05) is 6.26 Å². The molecule has 134 valence electrons. The van der Waals surface area contributed by atoms with Crippen molar-refractivity contribution in [3.63, 3.8) is 0 Å². The monoisotopic (exact) mass is 410 g/mol. The Balaban J connectivity index is 1.83. The molecule has 0 radical (unpaired) electrons. The van der Waals surface area contributed by atoms with Crippen LogP contribution in [0.25, 0.3) is 32.3 Å². The van der Waals surface area contributed by atoms with Gasteiger partial charge in [0.1, 0.15) is 11.3 Å². The Morgan fingerprint density at radius 3 is 2.11 bits per heavy atom. The Labute approximate surface area is 169 Å². The normalized spacial score (nSPS) is 12.1. The molecule has 0 N–H and O–H groups in total. The van der Waals surface area contributed by atoms with Gasteiger partial charge in [-0.05, 0) is 65.3 Å². The standard InChI is InChI=1S/C21H15ClN2OS2/c1-27(25)18-8-4-16(5-9-18)21-24-19(14-2-6-17(22)7-3-14)20(26-21)15-10-12-23-13-11-15/h2-13H,1H3. The maximum absolute atomic E-state index is 11.6. The van der Waals surface area contributed by atoms with E-state index in [1.165, 1.54) is 0 Å². The Bertz CT molecular complexity index is 1050. The molecule has 0 saturated carbocycles. The number of hydrogen-bond donors (Lipinski definition) is 0. The predicted octanol–water partition coefficient (Wildman–Crippen LogP) is 5.93. The minimum atomic E-state index is -0.991. The number of thiazole rings is 1. The number of aromatic nitrogens is 2. The summed E-state index contributed by atoms with van der Waals surface area (Å²) < 4.78 is 11.6. The molecule has 0 aliphatic rings. The summed E-state index contributed by atoms with van der Waals surface area (Å²) in [6, 6.07) is 19.4. The van der Waals surface area contributed by atoms with Gasteiger partial charge in [-0.3, -0.25) is 4.98 Å². The molecule has 1 unspecified atom stereocenters. The SMILES string of the molecule is C[S+]([O-])c1ccc(-c2nc(-c3ccc(Cl)cc3)c(-c3ccncc3)s2)cc1. The average molecular weight is 411 g/mol. The Hall–Kier alpha value is -2.18. The quantitative estimate of drug-likeness (QED) is 0.392. The molecule has 2 heterocycles. The van der Waals surface area contributed by atoms with E-state index in [0.29, 0.717) is 5.02 Å². The summed E-state index contributed by atoms with van der Waals surface area (Å²) in [5.41, 5.74) is 4.01. The van der Waals surface area contributed by atoms with Crippen LogP contribution >= 0.6 is 22.9 Å². The van der Waals surface area contributed by atoms with E-state index in [1.807, 2.05) is 60.7 Å². The minimum Gasteiger partial charge on any atom is -0.612 e. The molecule has 0 amide bonds. The first kappa shape index (κ1) is 18.2. The summed E-state index contributed by atoms with van der Waals surface area (Å²) >= 11 is 6.69. The van der Waals surface area contributed by atoms with Gasteiger partial charge in [-0.2, -0.15) is 0 Å². The van der Waals surface area contributed by atoms with Crippen LogP contribution in [0.5, 0.6) is 0 Å². The van der Waals surface area contributed by atoms with E-state index >= 15 is 0 Å². The molecule has 0 aliphatic heterocycles. The lowest BCUT2D eigenvalue weighted by molar-refractivity contribution is 0.601. The van der Waals surface area contributed by atoms with E-state index in [2.05, 4.69) is 4.98 Å². The molecular formula is C21H15ClN2OS2. The zero-order chi connectivity index (χ0) is 18.8. The fourth-order valence-corrected chi connectivity index (χ4v) is 4.48. The van der Waals surface area contributed by atoms with Crippen LogP contribution in [-0.2, 0) is 11.2 Å². The van der Waals surface area contributed by atoms with Crippen LogP contribution in [-0.4, -0.2) is 20.8 Å². The number of nitrogens with zero attached hydrogens (tertiary/aromatic N) is 2. The highest BCUT2D eigenvalue weighted by Gasteiger charge is 2.16. The van der Waals surface area contributed by atoms with Gasteiger partial charge >= 0.3 is 0 Å². The van der Waals surface area contributed by atoms with Crippen molar-refractivity contribution in [3.05, 3.63) is 78.1 Å². The molecule has 3 nitrogen and oxygen atoms in total. The van der Waals surface area contributed by atoms with E-state index in [9.17, 15) is 4.55 Å². The van der Waals surface area contributed by atoms with Crippen LogP contribution in [0.2, 0.25) is 5.02 Å². The van der Waals surface area contributed by atoms with Gasteiger partial charge in [0.2, 0.25) is 0 Å². The van der Waals surface area contributed by atoms with Crippen LogP contribution in [0.15, 0.2) is 78.0 Å². The van der Waals surface area contributed by atoms with Gasteiger partial charge in [0.15, 0.2) is 4.90 Å². The summed E-state index contributed by atoms with van der Waals surface area (Å²) in [7, 11) is 0. The Kier molecular flexibility index (Phi) is 5.27. The Morgan fingerprint density at radius 2 is 1.48 bits per heavy atom. The molecule has 0 bridgehead atoms. The van der Waals surface area contributed by atoms with Crippen LogP contribution < -0.4 is 0 Å². The van der Waals surface area contributed by atoms with E-state index in [1.54, 1.807) is 30.0 Å². The molecule has 0 saturated heterocycles. The van der Waals surface area contributed by atoms with Crippen molar-refractivity contribution in [2.45, 2.75) is 4.90 Å². The van der Waals surface area contributed by atoms with E-state index < -0.39 is 11.2 Å². The molecule has 0 aliphatic carbocycles. The van der Waals surface area contributed by atoms with Gasteiger partial charge in [-0.1, -0.05) is 23.7 Å². The third kappa shape index (κ3) is 3.92. The van der Waals surface area contributed by atoms with Gasteiger partial charge in [0.05, 0.1) is 10.6 Å². The first-order valence-corrected chi connectivity index (χ1v) is 11.0. The number of benzene rings is 2. The number of hydrogen-bond acceptors (Lipinski definition) is 4. The third-order valence-corrected chi connectivity index (χ3v) is 6.46. The number of pyridine rings is 1. The highest BCUT2D eigenvalue weighted by molar-refractivity contribution is 7.90. The van der Waals surface area contributed by atoms with Gasteiger partial charge in [0.25, 0.3) is 0 Å². The maximum atomic E-state index is 11.6. The fourth-order valence-electron chi connectivity index (χ4n) is 2.74. The highest BCUT2D eigenvalue weighted by Crippen LogP contribution is 2.40. The number of rotatable bonds is 4. The second-order valence-corrected chi connectivity index (χ2v) is 8.73. The van der Waals surface area contributed by atoms with Crippen molar-refractivity contribution in [1.82, 2.24) is 9.97 Å².